The van der Waals surface area contributed by atoms with Crippen molar-refractivity contribution < 1.29 is 9.53 Å². The zero-order chi connectivity index (χ0) is 13.8. The van der Waals surface area contributed by atoms with E-state index in [1.807, 2.05) is 0 Å². The highest BCUT2D eigenvalue weighted by atomic mass is 32.2. The molecule has 1 aromatic heterocycles. The van der Waals surface area contributed by atoms with E-state index in [9.17, 15) is 4.79 Å². The monoisotopic (exact) mass is 288 g/mol. The maximum Gasteiger partial charge on any atom is 0.323 e. The van der Waals surface area contributed by atoms with Crippen molar-refractivity contribution in [1.29, 1.82) is 0 Å². The largest absolute Gasteiger partial charge is 0.468 e. The maximum atomic E-state index is 11.1. The molecule has 4 nitrogen and oxygen atoms in total. The predicted octanol–water partition coefficient (Wildman–Crippen LogP) is 2.17. The van der Waals surface area contributed by atoms with Crippen molar-refractivity contribution >= 4 is 29.1 Å². The first-order chi connectivity index (χ1) is 8.34. The molecule has 0 bridgehead atoms. The van der Waals surface area contributed by atoms with E-state index in [0.717, 1.165) is 16.5 Å². The SMILES string of the molecule is COC(=O)C(N)CSCc1csc(C(C)(C)C)n1. The zero-order valence-electron chi connectivity index (χ0n) is 11.2. The summed E-state index contributed by atoms with van der Waals surface area (Å²) in [5.74, 6) is 0.961. The van der Waals surface area contributed by atoms with Gasteiger partial charge in [0.15, 0.2) is 0 Å². The number of esters is 1. The molecule has 0 aliphatic heterocycles. The van der Waals surface area contributed by atoms with Crippen LogP contribution in [0, 0.1) is 0 Å². The van der Waals surface area contributed by atoms with Crippen LogP contribution in [0.1, 0.15) is 31.5 Å². The minimum absolute atomic E-state index is 0.0933. The predicted molar refractivity (Wildman–Crippen MR) is 77.0 cm³/mol. The van der Waals surface area contributed by atoms with E-state index >= 15 is 0 Å². The lowest BCUT2D eigenvalue weighted by atomic mass is 9.98. The molecular formula is C12H20N2O2S2. The van der Waals surface area contributed by atoms with Crippen LogP contribution >= 0.6 is 23.1 Å². The molecule has 0 amide bonds. The Labute approximate surface area is 116 Å². The van der Waals surface area contributed by atoms with Crippen molar-refractivity contribution in [1.82, 2.24) is 4.98 Å². The van der Waals surface area contributed by atoms with Gasteiger partial charge in [0.25, 0.3) is 0 Å². The molecular weight excluding hydrogens is 268 g/mol. The van der Waals surface area contributed by atoms with Crippen molar-refractivity contribution in [2.75, 3.05) is 12.9 Å². The summed E-state index contributed by atoms with van der Waals surface area (Å²) in [4.78, 5) is 15.7. The van der Waals surface area contributed by atoms with Gasteiger partial charge in [0.05, 0.1) is 17.8 Å². The molecule has 0 aromatic carbocycles. The molecule has 2 N–H and O–H groups in total. The molecule has 1 heterocycles. The van der Waals surface area contributed by atoms with Gasteiger partial charge in [-0.05, 0) is 0 Å². The molecule has 6 heteroatoms. The molecule has 18 heavy (non-hydrogen) atoms. The van der Waals surface area contributed by atoms with Crippen LogP contribution in [-0.2, 0) is 20.7 Å². The zero-order valence-corrected chi connectivity index (χ0v) is 12.9. The third kappa shape index (κ3) is 4.59. The molecule has 1 rings (SSSR count). The van der Waals surface area contributed by atoms with E-state index in [-0.39, 0.29) is 11.4 Å². The third-order valence-corrected chi connectivity index (χ3v) is 4.66. The number of aromatic nitrogens is 1. The van der Waals surface area contributed by atoms with Gasteiger partial charge in [0.2, 0.25) is 0 Å². The number of hydrogen-bond donors (Lipinski definition) is 1. The molecule has 0 saturated carbocycles. The highest BCUT2D eigenvalue weighted by Gasteiger charge is 2.18. The number of carbonyl (C=O) groups is 1. The summed E-state index contributed by atoms with van der Waals surface area (Å²) >= 11 is 3.28. The lowest BCUT2D eigenvalue weighted by Crippen LogP contribution is -2.33. The summed E-state index contributed by atoms with van der Waals surface area (Å²) in [7, 11) is 1.35. The Bertz CT molecular complexity index is 399. The summed E-state index contributed by atoms with van der Waals surface area (Å²) < 4.78 is 4.57. The lowest BCUT2D eigenvalue weighted by Gasteiger charge is -2.13. The lowest BCUT2D eigenvalue weighted by molar-refractivity contribution is -0.141. The van der Waals surface area contributed by atoms with Crippen molar-refractivity contribution in [2.45, 2.75) is 38.0 Å². The number of thioether (sulfide) groups is 1. The van der Waals surface area contributed by atoms with Crippen LogP contribution in [0.4, 0.5) is 0 Å². The highest BCUT2D eigenvalue weighted by Crippen LogP contribution is 2.26. The highest BCUT2D eigenvalue weighted by molar-refractivity contribution is 7.98. The number of ether oxygens (including phenoxy) is 1. The van der Waals surface area contributed by atoms with Crippen molar-refractivity contribution in [3.63, 3.8) is 0 Å². The standard InChI is InChI=1S/C12H20N2O2S2/c1-12(2,3)11-14-8(6-18-11)5-17-7-9(13)10(15)16-4/h6,9H,5,7,13H2,1-4H3. The number of hydrogen-bond acceptors (Lipinski definition) is 6. The first-order valence-electron chi connectivity index (χ1n) is 5.70. The second-order valence-electron chi connectivity index (χ2n) is 5.04. The summed E-state index contributed by atoms with van der Waals surface area (Å²) in [6.45, 7) is 6.45. The first-order valence-corrected chi connectivity index (χ1v) is 7.74. The number of thiazole rings is 1. The quantitative estimate of drug-likeness (QED) is 0.841. The van der Waals surface area contributed by atoms with E-state index in [0.29, 0.717) is 5.75 Å². The second-order valence-corrected chi connectivity index (χ2v) is 6.93. The molecule has 1 unspecified atom stereocenters. The smallest absolute Gasteiger partial charge is 0.323 e. The van der Waals surface area contributed by atoms with Gasteiger partial charge in [-0.25, -0.2) is 4.98 Å². The minimum Gasteiger partial charge on any atom is -0.468 e. The fraction of sp³-hybridized carbons (Fsp3) is 0.667. The maximum absolute atomic E-state index is 11.1. The number of methoxy groups -OCH3 is 1. The average molecular weight is 288 g/mol. The molecule has 102 valence electrons. The Morgan fingerprint density at radius 3 is 2.78 bits per heavy atom. The van der Waals surface area contributed by atoms with Crippen LogP contribution in [0.15, 0.2) is 5.38 Å². The van der Waals surface area contributed by atoms with E-state index in [1.165, 1.54) is 7.11 Å². The van der Waals surface area contributed by atoms with Crippen LogP contribution in [0.2, 0.25) is 0 Å². The molecule has 0 saturated heterocycles. The van der Waals surface area contributed by atoms with Crippen LogP contribution in [0.3, 0.4) is 0 Å². The van der Waals surface area contributed by atoms with Gasteiger partial charge in [-0.2, -0.15) is 11.8 Å². The Morgan fingerprint density at radius 2 is 2.28 bits per heavy atom. The summed E-state index contributed by atoms with van der Waals surface area (Å²) in [6, 6.07) is -0.555. The van der Waals surface area contributed by atoms with Gasteiger partial charge in [0.1, 0.15) is 6.04 Å². The molecule has 0 aliphatic rings. The number of carbonyl (C=O) groups excluding carboxylic acids is 1. The Balaban J connectivity index is 2.41. The Hall–Kier alpha value is -0.590. The Kier molecular flexibility index (Phi) is 5.62. The van der Waals surface area contributed by atoms with Crippen molar-refractivity contribution in [2.24, 2.45) is 5.73 Å². The number of nitrogens with zero attached hydrogens (tertiary/aromatic N) is 1. The van der Waals surface area contributed by atoms with Gasteiger partial charge in [-0.3, -0.25) is 4.79 Å². The van der Waals surface area contributed by atoms with E-state index < -0.39 is 6.04 Å². The van der Waals surface area contributed by atoms with Crippen LogP contribution in [-0.4, -0.2) is 29.9 Å². The molecule has 0 radical (unpaired) electrons. The molecule has 0 fully saturated rings. The van der Waals surface area contributed by atoms with Crippen LogP contribution in [0.25, 0.3) is 0 Å². The fourth-order valence-electron chi connectivity index (χ4n) is 1.23. The number of nitrogens with two attached hydrogens (primary N) is 1. The second kappa shape index (κ2) is 6.54. The van der Waals surface area contributed by atoms with Crippen LogP contribution < -0.4 is 5.73 Å². The summed E-state index contributed by atoms with van der Waals surface area (Å²) in [6.07, 6.45) is 0. The van der Waals surface area contributed by atoms with Gasteiger partial charge in [-0.1, -0.05) is 20.8 Å². The summed E-state index contributed by atoms with van der Waals surface area (Å²) in [5, 5.41) is 3.20. The average Bonchev–Trinajstić information content (AvgIpc) is 2.76. The molecule has 1 aromatic rings. The van der Waals surface area contributed by atoms with Crippen molar-refractivity contribution in [3.05, 3.63) is 16.1 Å². The first kappa shape index (κ1) is 15.5. The van der Waals surface area contributed by atoms with Gasteiger partial charge < -0.3 is 10.5 Å². The molecule has 0 aliphatic carbocycles. The molecule has 0 spiro atoms. The van der Waals surface area contributed by atoms with E-state index in [1.54, 1.807) is 23.1 Å². The summed E-state index contributed by atoms with van der Waals surface area (Å²) in [5.41, 5.74) is 6.79. The van der Waals surface area contributed by atoms with E-state index in [2.05, 4.69) is 35.9 Å². The topological polar surface area (TPSA) is 65.2 Å². The fourth-order valence-corrected chi connectivity index (χ4v) is 3.11. The van der Waals surface area contributed by atoms with Gasteiger partial charge in [0, 0.05) is 22.3 Å². The molecule has 1 atom stereocenters. The van der Waals surface area contributed by atoms with Crippen molar-refractivity contribution in [3.8, 4) is 0 Å². The number of rotatable bonds is 5. The van der Waals surface area contributed by atoms with Gasteiger partial charge >= 0.3 is 5.97 Å². The third-order valence-electron chi connectivity index (χ3n) is 2.24. The van der Waals surface area contributed by atoms with E-state index in [4.69, 9.17) is 5.73 Å². The normalized spacial score (nSPS) is 13.4. The Morgan fingerprint density at radius 1 is 1.61 bits per heavy atom. The van der Waals surface area contributed by atoms with Crippen LogP contribution in [0.5, 0.6) is 0 Å². The minimum atomic E-state index is -0.555. The van der Waals surface area contributed by atoms with Gasteiger partial charge in [-0.15, -0.1) is 11.3 Å².